The van der Waals surface area contributed by atoms with E-state index in [0.717, 1.165) is 10.0 Å². The van der Waals surface area contributed by atoms with E-state index in [1.807, 2.05) is 0 Å². The van der Waals surface area contributed by atoms with Crippen LogP contribution in [0.5, 0.6) is 0 Å². The molecule has 0 aliphatic heterocycles. The van der Waals surface area contributed by atoms with Crippen LogP contribution >= 0.6 is 11.3 Å². The van der Waals surface area contributed by atoms with E-state index in [4.69, 9.17) is 5.11 Å². The third-order valence-electron chi connectivity index (χ3n) is 2.87. The van der Waals surface area contributed by atoms with Crippen LogP contribution in [-0.4, -0.2) is 23.2 Å². The molecule has 0 spiro atoms. The van der Waals surface area contributed by atoms with Crippen LogP contribution in [0.25, 0.3) is 0 Å². The van der Waals surface area contributed by atoms with Crippen LogP contribution in [0.1, 0.15) is 30.6 Å². The Morgan fingerprint density at radius 3 is 2.86 bits per heavy atom. The van der Waals surface area contributed by atoms with Gasteiger partial charge in [-0.15, -0.1) is 0 Å². The third kappa shape index (κ3) is 1.91. The standard InChI is InChI=1S/C10H16N2OS/c1-12(8-4-2-3-5-8)10-11-6-9(7-13)14-10/h6,8,13H,2-5,7H2,1H3. The second-order valence-electron chi connectivity index (χ2n) is 3.82. The zero-order valence-corrected chi connectivity index (χ0v) is 9.26. The molecule has 2 rings (SSSR count). The average molecular weight is 212 g/mol. The Balaban J connectivity index is 2.05. The minimum atomic E-state index is 0.107. The summed E-state index contributed by atoms with van der Waals surface area (Å²) < 4.78 is 0. The van der Waals surface area contributed by atoms with Gasteiger partial charge in [-0.05, 0) is 12.8 Å². The van der Waals surface area contributed by atoms with E-state index in [1.165, 1.54) is 25.7 Å². The Hall–Kier alpha value is -0.610. The molecule has 1 aliphatic rings. The van der Waals surface area contributed by atoms with Gasteiger partial charge in [0, 0.05) is 19.3 Å². The lowest BCUT2D eigenvalue weighted by atomic mass is 10.2. The molecule has 3 nitrogen and oxygen atoms in total. The summed E-state index contributed by atoms with van der Waals surface area (Å²) in [6.45, 7) is 0.107. The number of hydrogen-bond acceptors (Lipinski definition) is 4. The number of anilines is 1. The SMILES string of the molecule is CN(c1ncc(CO)s1)C1CCCC1. The van der Waals surface area contributed by atoms with Gasteiger partial charge in [0.1, 0.15) is 0 Å². The highest BCUT2D eigenvalue weighted by molar-refractivity contribution is 7.15. The maximum atomic E-state index is 8.95. The van der Waals surface area contributed by atoms with Crippen molar-refractivity contribution in [3.63, 3.8) is 0 Å². The maximum absolute atomic E-state index is 8.95. The molecule has 1 aromatic rings. The Morgan fingerprint density at radius 2 is 2.29 bits per heavy atom. The van der Waals surface area contributed by atoms with Crippen LogP contribution in [0.15, 0.2) is 6.20 Å². The Morgan fingerprint density at radius 1 is 1.57 bits per heavy atom. The quantitative estimate of drug-likeness (QED) is 0.832. The predicted molar refractivity (Wildman–Crippen MR) is 58.7 cm³/mol. The van der Waals surface area contributed by atoms with Crippen molar-refractivity contribution in [1.29, 1.82) is 0 Å². The van der Waals surface area contributed by atoms with Crippen LogP contribution in [0.4, 0.5) is 5.13 Å². The van der Waals surface area contributed by atoms with Gasteiger partial charge in [-0.25, -0.2) is 4.98 Å². The Labute approximate surface area is 88.4 Å². The summed E-state index contributed by atoms with van der Waals surface area (Å²) in [6, 6.07) is 0.660. The number of rotatable bonds is 3. The highest BCUT2D eigenvalue weighted by Crippen LogP contribution is 2.29. The van der Waals surface area contributed by atoms with Gasteiger partial charge < -0.3 is 10.0 Å². The van der Waals surface area contributed by atoms with E-state index in [9.17, 15) is 0 Å². The molecule has 1 heterocycles. The van der Waals surface area contributed by atoms with Crippen LogP contribution in [-0.2, 0) is 6.61 Å². The van der Waals surface area contributed by atoms with E-state index >= 15 is 0 Å². The van der Waals surface area contributed by atoms with Crippen molar-refractivity contribution in [1.82, 2.24) is 4.98 Å². The van der Waals surface area contributed by atoms with Gasteiger partial charge in [0.15, 0.2) is 5.13 Å². The monoisotopic (exact) mass is 212 g/mol. The second kappa shape index (κ2) is 4.28. The number of aromatic nitrogens is 1. The van der Waals surface area contributed by atoms with Crippen molar-refractivity contribution in [2.75, 3.05) is 11.9 Å². The smallest absolute Gasteiger partial charge is 0.185 e. The minimum absolute atomic E-state index is 0.107. The lowest BCUT2D eigenvalue weighted by Crippen LogP contribution is -2.28. The van der Waals surface area contributed by atoms with Crippen molar-refractivity contribution in [3.8, 4) is 0 Å². The molecule has 14 heavy (non-hydrogen) atoms. The minimum Gasteiger partial charge on any atom is -0.391 e. The Kier molecular flexibility index (Phi) is 3.03. The lowest BCUT2D eigenvalue weighted by Gasteiger charge is -2.23. The van der Waals surface area contributed by atoms with Crippen molar-refractivity contribution in [2.24, 2.45) is 0 Å². The molecule has 1 fully saturated rings. The molecule has 1 N–H and O–H groups in total. The van der Waals surface area contributed by atoms with Crippen molar-refractivity contribution in [3.05, 3.63) is 11.1 Å². The highest BCUT2D eigenvalue weighted by atomic mass is 32.1. The van der Waals surface area contributed by atoms with Crippen molar-refractivity contribution < 1.29 is 5.11 Å². The molecule has 0 amide bonds. The normalized spacial score (nSPS) is 17.6. The van der Waals surface area contributed by atoms with E-state index < -0.39 is 0 Å². The summed E-state index contributed by atoms with van der Waals surface area (Å²) in [6.07, 6.45) is 7.01. The molecular formula is C10H16N2OS. The number of thiazole rings is 1. The van der Waals surface area contributed by atoms with E-state index in [2.05, 4.69) is 16.9 Å². The summed E-state index contributed by atoms with van der Waals surface area (Å²) in [7, 11) is 2.11. The third-order valence-corrected chi connectivity index (χ3v) is 3.94. The number of nitrogens with zero attached hydrogens (tertiary/aromatic N) is 2. The van der Waals surface area contributed by atoms with Gasteiger partial charge >= 0.3 is 0 Å². The van der Waals surface area contributed by atoms with Crippen molar-refractivity contribution >= 4 is 16.5 Å². The van der Waals surface area contributed by atoms with Gasteiger partial charge in [-0.1, -0.05) is 24.2 Å². The zero-order chi connectivity index (χ0) is 9.97. The van der Waals surface area contributed by atoms with Gasteiger partial charge in [0.05, 0.1) is 11.5 Å². The van der Waals surface area contributed by atoms with E-state index in [-0.39, 0.29) is 6.61 Å². The van der Waals surface area contributed by atoms with Crippen LogP contribution < -0.4 is 4.90 Å². The van der Waals surface area contributed by atoms with Crippen LogP contribution in [0.2, 0.25) is 0 Å². The largest absolute Gasteiger partial charge is 0.391 e. The van der Waals surface area contributed by atoms with Gasteiger partial charge in [0.2, 0.25) is 0 Å². The molecular weight excluding hydrogens is 196 g/mol. The fourth-order valence-electron chi connectivity index (χ4n) is 1.98. The molecule has 1 saturated carbocycles. The first-order chi connectivity index (χ1) is 6.81. The molecule has 0 atom stereocenters. The molecule has 1 aromatic heterocycles. The molecule has 78 valence electrons. The summed E-state index contributed by atoms with van der Waals surface area (Å²) in [5.41, 5.74) is 0. The fourth-order valence-corrected chi connectivity index (χ4v) is 2.78. The summed E-state index contributed by atoms with van der Waals surface area (Å²) in [5.74, 6) is 0. The maximum Gasteiger partial charge on any atom is 0.185 e. The average Bonchev–Trinajstić information content (AvgIpc) is 2.88. The van der Waals surface area contributed by atoms with Gasteiger partial charge in [-0.2, -0.15) is 0 Å². The van der Waals surface area contributed by atoms with E-state index in [0.29, 0.717) is 6.04 Å². The number of hydrogen-bond donors (Lipinski definition) is 1. The summed E-state index contributed by atoms with van der Waals surface area (Å²) in [4.78, 5) is 7.53. The van der Waals surface area contributed by atoms with Gasteiger partial charge in [-0.3, -0.25) is 0 Å². The number of aliphatic hydroxyl groups is 1. The molecule has 1 aliphatic carbocycles. The first-order valence-corrected chi connectivity index (χ1v) is 5.91. The zero-order valence-electron chi connectivity index (χ0n) is 8.44. The summed E-state index contributed by atoms with van der Waals surface area (Å²) >= 11 is 1.59. The lowest BCUT2D eigenvalue weighted by molar-refractivity contribution is 0.285. The van der Waals surface area contributed by atoms with Crippen LogP contribution in [0, 0.1) is 0 Å². The first-order valence-electron chi connectivity index (χ1n) is 5.09. The molecule has 0 aromatic carbocycles. The molecule has 0 unspecified atom stereocenters. The predicted octanol–water partition coefficient (Wildman–Crippen LogP) is 2.01. The summed E-state index contributed by atoms with van der Waals surface area (Å²) in [5, 5.41) is 9.99. The number of aliphatic hydroxyl groups excluding tert-OH is 1. The fraction of sp³-hybridized carbons (Fsp3) is 0.700. The highest BCUT2D eigenvalue weighted by Gasteiger charge is 2.21. The second-order valence-corrected chi connectivity index (χ2v) is 4.91. The topological polar surface area (TPSA) is 36.4 Å². The molecule has 4 heteroatoms. The molecule has 0 saturated heterocycles. The van der Waals surface area contributed by atoms with Crippen molar-refractivity contribution in [2.45, 2.75) is 38.3 Å². The Bertz CT molecular complexity index is 294. The molecule has 0 bridgehead atoms. The van der Waals surface area contributed by atoms with Gasteiger partial charge in [0.25, 0.3) is 0 Å². The van der Waals surface area contributed by atoms with E-state index in [1.54, 1.807) is 17.5 Å². The van der Waals surface area contributed by atoms with Crippen LogP contribution in [0.3, 0.4) is 0 Å². The first kappa shape index (κ1) is 9.93. The molecule has 0 radical (unpaired) electrons.